The molecule has 1 N–H and O–H groups in total. The number of rotatable bonds is 10. The summed E-state index contributed by atoms with van der Waals surface area (Å²) in [5, 5.41) is 2.07. The van der Waals surface area contributed by atoms with E-state index >= 15 is 0 Å². The molecule has 0 aromatic heterocycles. The molecule has 2 aromatic carbocycles. The zero-order valence-corrected chi connectivity index (χ0v) is 18.5. The number of hydrogen-bond acceptors (Lipinski definition) is 1. The van der Waals surface area contributed by atoms with Crippen LogP contribution in [0.1, 0.15) is 59.8 Å². The van der Waals surface area contributed by atoms with E-state index in [2.05, 4.69) is 64.1 Å². The Morgan fingerprint density at radius 2 is 1.33 bits per heavy atom. The molecular weight excluding hydrogens is 344 g/mol. The van der Waals surface area contributed by atoms with Gasteiger partial charge in [-0.1, -0.05) is 101 Å². The molecule has 2 rings (SSSR count). The van der Waals surface area contributed by atoms with Crippen LogP contribution in [0.4, 0.5) is 0 Å². The van der Waals surface area contributed by atoms with Crippen LogP contribution in [0.15, 0.2) is 72.8 Å². The van der Waals surface area contributed by atoms with E-state index in [1.54, 1.807) is 0 Å². The highest BCUT2D eigenvalue weighted by molar-refractivity contribution is 6.98. The van der Waals surface area contributed by atoms with Gasteiger partial charge in [-0.3, -0.25) is 0 Å². The molecule has 0 spiro atoms. The number of allylic oxidation sites excluding steroid dienone is 2. The van der Waals surface area contributed by atoms with Crippen LogP contribution in [-0.4, -0.2) is 13.1 Å². The first-order valence-corrected chi connectivity index (χ1v) is 12.3. The molecule has 0 fully saturated rings. The highest BCUT2D eigenvalue weighted by Crippen LogP contribution is 2.40. The Kier molecular flexibility index (Phi) is 8.06. The van der Waals surface area contributed by atoms with E-state index in [0.29, 0.717) is 0 Å². The molecule has 0 aliphatic rings. The van der Waals surface area contributed by atoms with Gasteiger partial charge in [-0.15, -0.1) is 0 Å². The van der Waals surface area contributed by atoms with E-state index < -0.39 is 8.32 Å². The zero-order chi connectivity index (χ0) is 19.8. The normalized spacial score (nSPS) is 12.8. The molecule has 0 saturated heterocycles. The smallest absolute Gasteiger partial charge is 0.258 e. The monoisotopic (exact) mass is 380 g/mol. The van der Waals surface area contributed by atoms with Crippen molar-refractivity contribution >= 4 is 18.7 Å². The molecule has 0 saturated carbocycles. The van der Waals surface area contributed by atoms with Crippen LogP contribution in [0.5, 0.6) is 0 Å². The first kappa shape index (κ1) is 21.7. The molecule has 0 aliphatic heterocycles. The molecule has 0 aliphatic carbocycles. The molecule has 0 radical (unpaired) electrons. The van der Waals surface area contributed by atoms with E-state index in [-0.39, 0.29) is 5.04 Å². The van der Waals surface area contributed by atoms with Crippen LogP contribution < -0.4 is 10.4 Å². The van der Waals surface area contributed by atoms with Gasteiger partial charge in [0.05, 0.1) is 0 Å². The number of unbranched alkanes of at least 4 members (excludes halogenated alkanes) is 1. The van der Waals surface area contributed by atoms with Crippen LogP contribution in [0.3, 0.4) is 0 Å². The van der Waals surface area contributed by atoms with Crippen LogP contribution in [0.25, 0.3) is 0 Å². The van der Waals surface area contributed by atoms with Gasteiger partial charge < -0.3 is 4.80 Å². The molecular formula is C25H36OSi. The van der Waals surface area contributed by atoms with E-state index in [1.165, 1.54) is 12.8 Å². The van der Waals surface area contributed by atoms with E-state index in [1.807, 2.05) is 36.4 Å². The molecule has 0 atom stereocenters. The lowest BCUT2D eigenvalue weighted by molar-refractivity contribution is 0.458. The quantitative estimate of drug-likeness (QED) is 0.319. The molecule has 0 bridgehead atoms. The fourth-order valence-electron chi connectivity index (χ4n) is 3.81. The van der Waals surface area contributed by atoms with Gasteiger partial charge in [0.15, 0.2) is 0 Å². The summed E-state index contributed by atoms with van der Waals surface area (Å²) in [4.78, 5) is 12.1. The molecule has 2 aromatic rings. The second kappa shape index (κ2) is 10.1. The van der Waals surface area contributed by atoms with Crippen molar-refractivity contribution < 1.29 is 4.80 Å². The summed E-state index contributed by atoms with van der Waals surface area (Å²) in [7, 11) is -2.84. The Morgan fingerprint density at radius 3 is 1.81 bits per heavy atom. The second-order valence-electron chi connectivity index (χ2n) is 8.66. The van der Waals surface area contributed by atoms with Gasteiger partial charge in [-0.2, -0.15) is 0 Å². The number of benzene rings is 2. The van der Waals surface area contributed by atoms with Crippen molar-refractivity contribution in [2.75, 3.05) is 0 Å². The zero-order valence-electron chi connectivity index (χ0n) is 17.5. The first-order valence-electron chi connectivity index (χ1n) is 10.4. The summed E-state index contributed by atoms with van der Waals surface area (Å²) in [5.74, 6) is 0.770. The molecule has 0 amide bonds. The average Bonchev–Trinajstić information content (AvgIpc) is 2.67. The lowest BCUT2D eigenvalue weighted by Crippen LogP contribution is -2.65. The van der Waals surface area contributed by atoms with Crippen molar-refractivity contribution in [2.24, 2.45) is 5.92 Å². The highest BCUT2D eigenvalue weighted by Gasteiger charge is 2.49. The van der Waals surface area contributed by atoms with E-state index in [9.17, 15) is 4.80 Å². The van der Waals surface area contributed by atoms with Crippen LogP contribution in [0.2, 0.25) is 5.04 Å². The highest BCUT2D eigenvalue weighted by atomic mass is 28.4. The molecule has 27 heavy (non-hydrogen) atoms. The Hall–Kier alpha value is -1.64. The van der Waals surface area contributed by atoms with Gasteiger partial charge >= 0.3 is 0 Å². The SMILES string of the molecule is CC(C)CC/C=C/CCCC(C)(C)[Si](O)(c1ccccc1)c1ccccc1. The van der Waals surface area contributed by atoms with Gasteiger partial charge in [0.1, 0.15) is 0 Å². The minimum Gasteiger partial charge on any atom is -0.424 e. The predicted octanol–water partition coefficient (Wildman–Crippen LogP) is 5.68. The average molecular weight is 381 g/mol. The van der Waals surface area contributed by atoms with Gasteiger partial charge in [0.2, 0.25) is 0 Å². The van der Waals surface area contributed by atoms with Gasteiger partial charge in [0, 0.05) is 0 Å². The second-order valence-corrected chi connectivity index (χ2v) is 12.6. The lowest BCUT2D eigenvalue weighted by atomic mass is 10.0. The third-order valence-corrected chi connectivity index (χ3v) is 10.2. The summed E-state index contributed by atoms with van der Waals surface area (Å²) >= 11 is 0. The van der Waals surface area contributed by atoms with Gasteiger partial charge in [0.25, 0.3) is 8.32 Å². The van der Waals surface area contributed by atoms with Crippen molar-refractivity contribution in [3.05, 3.63) is 72.8 Å². The first-order chi connectivity index (χ1) is 12.9. The summed E-state index contributed by atoms with van der Waals surface area (Å²) < 4.78 is 0. The minimum atomic E-state index is -2.84. The van der Waals surface area contributed by atoms with Crippen molar-refractivity contribution in [3.8, 4) is 0 Å². The maximum atomic E-state index is 12.1. The molecule has 1 nitrogen and oxygen atoms in total. The maximum Gasteiger partial charge on any atom is 0.258 e. The third-order valence-electron chi connectivity index (χ3n) is 5.61. The van der Waals surface area contributed by atoms with Gasteiger partial charge in [-0.25, -0.2) is 0 Å². The van der Waals surface area contributed by atoms with Crippen LogP contribution in [0, 0.1) is 5.92 Å². The fraction of sp³-hybridized carbons (Fsp3) is 0.440. The number of hydrogen-bond donors (Lipinski definition) is 1. The third kappa shape index (κ3) is 5.67. The van der Waals surface area contributed by atoms with Crippen LogP contribution >= 0.6 is 0 Å². The van der Waals surface area contributed by atoms with E-state index in [0.717, 1.165) is 35.6 Å². The fourth-order valence-corrected chi connectivity index (χ4v) is 7.60. The summed E-state index contributed by atoms with van der Waals surface area (Å²) in [5.41, 5.74) is 0. The van der Waals surface area contributed by atoms with Gasteiger partial charge in [-0.05, 0) is 53.4 Å². The van der Waals surface area contributed by atoms with E-state index in [4.69, 9.17) is 0 Å². The Labute approximate surface area is 167 Å². The molecule has 0 unspecified atom stereocenters. The lowest BCUT2D eigenvalue weighted by Gasteiger charge is -2.41. The van der Waals surface area contributed by atoms with Crippen molar-refractivity contribution in [1.29, 1.82) is 0 Å². The van der Waals surface area contributed by atoms with Crippen molar-refractivity contribution in [1.82, 2.24) is 0 Å². The van der Waals surface area contributed by atoms with Crippen molar-refractivity contribution in [3.63, 3.8) is 0 Å². The Bertz CT molecular complexity index is 649. The standard InChI is InChI=1S/C25H36OSi/c1-22(2)16-10-6-5-7-15-21-25(3,4)27(26,23-17-11-8-12-18-23)24-19-13-9-14-20-24/h5-6,8-9,11-14,17-20,22,26H,7,10,15-16,21H2,1-4H3/b6-5+. The Balaban J connectivity index is 2.13. The summed E-state index contributed by atoms with van der Waals surface area (Å²) in [6, 6.07) is 20.6. The molecule has 0 heterocycles. The largest absolute Gasteiger partial charge is 0.424 e. The predicted molar refractivity (Wildman–Crippen MR) is 121 cm³/mol. The van der Waals surface area contributed by atoms with Crippen LogP contribution in [-0.2, 0) is 0 Å². The molecule has 146 valence electrons. The summed E-state index contributed by atoms with van der Waals surface area (Å²) in [6.45, 7) is 9.05. The minimum absolute atomic E-state index is 0.137. The summed E-state index contributed by atoms with van der Waals surface area (Å²) in [6.07, 6.45) is 10.3. The maximum absolute atomic E-state index is 12.1. The topological polar surface area (TPSA) is 20.2 Å². The van der Waals surface area contributed by atoms with Crippen molar-refractivity contribution in [2.45, 2.75) is 64.8 Å². The Morgan fingerprint density at radius 1 is 0.852 bits per heavy atom. The molecule has 2 heteroatoms.